The third-order valence-corrected chi connectivity index (χ3v) is 2.01. The molecule has 0 bridgehead atoms. The molecule has 1 rings (SSSR count). The molecule has 1 aromatic carbocycles. The van der Waals surface area contributed by atoms with E-state index in [1.165, 1.54) is 6.07 Å². The van der Waals surface area contributed by atoms with Crippen LogP contribution in [0.2, 0.25) is 0 Å². The highest BCUT2D eigenvalue weighted by atomic mass is 16.3. The van der Waals surface area contributed by atoms with Crippen LogP contribution >= 0.6 is 0 Å². The van der Waals surface area contributed by atoms with Gasteiger partial charge in [0.2, 0.25) is 0 Å². The molecule has 0 aliphatic carbocycles. The van der Waals surface area contributed by atoms with Crippen LogP contribution in [-0.2, 0) is 0 Å². The molecule has 0 atom stereocenters. The Balaban J connectivity index is 2.74. The fourth-order valence-corrected chi connectivity index (χ4v) is 1.13. The Labute approximate surface area is 89.4 Å². The van der Waals surface area contributed by atoms with Gasteiger partial charge in [-0.2, -0.15) is 0 Å². The summed E-state index contributed by atoms with van der Waals surface area (Å²) < 4.78 is 0. The van der Waals surface area contributed by atoms with Crippen LogP contribution in [0.4, 0.5) is 0 Å². The molecule has 80 valence electrons. The van der Waals surface area contributed by atoms with Gasteiger partial charge >= 0.3 is 0 Å². The first-order valence-electron chi connectivity index (χ1n) is 4.73. The third kappa shape index (κ3) is 3.13. The van der Waals surface area contributed by atoms with Crippen LogP contribution in [-0.4, -0.2) is 17.6 Å². The second-order valence-electron chi connectivity index (χ2n) is 3.64. The number of carbonyl (C=O) groups is 1. The lowest BCUT2D eigenvalue weighted by atomic mass is 10.1. The number of hydrogen-bond acceptors (Lipinski definition) is 2. The summed E-state index contributed by atoms with van der Waals surface area (Å²) in [5.41, 5.74) is 2.14. The first kappa shape index (κ1) is 11.3. The monoisotopic (exact) mass is 205 g/mol. The second kappa shape index (κ2) is 4.64. The minimum Gasteiger partial charge on any atom is -0.508 e. The molecule has 0 aliphatic rings. The van der Waals surface area contributed by atoms with E-state index >= 15 is 0 Å². The first-order valence-corrected chi connectivity index (χ1v) is 4.73. The summed E-state index contributed by atoms with van der Waals surface area (Å²) in [5.74, 6) is 0.0487. The Bertz CT molecular complexity index is 397. The summed E-state index contributed by atoms with van der Waals surface area (Å²) in [6, 6.07) is 4.77. The van der Waals surface area contributed by atoms with Crippen LogP contribution in [0.25, 0.3) is 0 Å². The molecule has 1 amide bonds. The number of carbonyl (C=O) groups excluding carboxylic acids is 1. The first-order chi connectivity index (χ1) is 7.00. The maximum atomic E-state index is 11.6. The van der Waals surface area contributed by atoms with Crippen LogP contribution in [0.3, 0.4) is 0 Å². The number of phenols is 1. The molecule has 0 radical (unpaired) electrons. The number of benzene rings is 1. The quantitative estimate of drug-likeness (QED) is 0.741. The largest absolute Gasteiger partial charge is 0.508 e. The van der Waals surface area contributed by atoms with Crippen LogP contribution in [0.1, 0.15) is 22.8 Å². The van der Waals surface area contributed by atoms with Gasteiger partial charge in [0.1, 0.15) is 5.75 Å². The predicted octanol–water partition coefficient (Wildman–Crippen LogP) is 2.01. The lowest BCUT2D eigenvalue weighted by Crippen LogP contribution is -2.24. The fraction of sp³-hybridized carbons (Fsp3) is 0.250. The van der Waals surface area contributed by atoms with Crippen molar-refractivity contribution in [2.24, 2.45) is 0 Å². The lowest BCUT2D eigenvalue weighted by molar-refractivity contribution is 0.0957. The number of aromatic hydroxyl groups is 1. The summed E-state index contributed by atoms with van der Waals surface area (Å²) in [6.07, 6.45) is 0. The molecule has 0 unspecified atom stereocenters. The van der Waals surface area contributed by atoms with Gasteiger partial charge in [0.05, 0.1) is 0 Å². The highest BCUT2D eigenvalue weighted by Gasteiger charge is 2.06. The predicted molar refractivity (Wildman–Crippen MR) is 60.0 cm³/mol. The van der Waals surface area contributed by atoms with Crippen LogP contribution in [0.15, 0.2) is 30.4 Å². The molecule has 0 saturated carbocycles. The van der Waals surface area contributed by atoms with E-state index in [0.29, 0.717) is 17.7 Å². The number of rotatable bonds is 3. The van der Waals surface area contributed by atoms with Crippen molar-refractivity contribution in [1.82, 2.24) is 5.32 Å². The zero-order valence-electron chi connectivity index (χ0n) is 9.00. The number of amides is 1. The number of phenolic OH excluding ortho intramolecular Hbond substituents is 1. The van der Waals surface area contributed by atoms with E-state index in [9.17, 15) is 9.90 Å². The van der Waals surface area contributed by atoms with E-state index in [2.05, 4.69) is 11.9 Å². The fourth-order valence-electron chi connectivity index (χ4n) is 1.13. The molecule has 3 nitrogen and oxygen atoms in total. The molecule has 0 aliphatic heterocycles. The topological polar surface area (TPSA) is 49.3 Å². The van der Waals surface area contributed by atoms with E-state index in [1.807, 2.05) is 6.92 Å². The second-order valence-corrected chi connectivity index (χ2v) is 3.64. The van der Waals surface area contributed by atoms with Gasteiger partial charge in [-0.1, -0.05) is 12.2 Å². The van der Waals surface area contributed by atoms with E-state index in [-0.39, 0.29) is 11.7 Å². The van der Waals surface area contributed by atoms with Gasteiger partial charge < -0.3 is 10.4 Å². The third-order valence-electron chi connectivity index (χ3n) is 2.01. The molecule has 1 aromatic rings. The summed E-state index contributed by atoms with van der Waals surface area (Å²) >= 11 is 0. The van der Waals surface area contributed by atoms with E-state index in [4.69, 9.17) is 0 Å². The standard InChI is InChI=1S/C12H15NO2/c1-8(2)7-13-12(15)10-4-5-11(14)9(3)6-10/h4-6,14H,1,7H2,2-3H3,(H,13,15). The minimum absolute atomic E-state index is 0.152. The highest BCUT2D eigenvalue weighted by Crippen LogP contribution is 2.16. The van der Waals surface area contributed by atoms with Crippen molar-refractivity contribution in [3.05, 3.63) is 41.5 Å². The highest BCUT2D eigenvalue weighted by molar-refractivity contribution is 5.94. The maximum Gasteiger partial charge on any atom is 0.251 e. The molecule has 0 saturated heterocycles. The average Bonchev–Trinajstić information content (AvgIpc) is 2.18. The molecule has 0 aromatic heterocycles. The Morgan fingerprint density at radius 1 is 1.53 bits per heavy atom. The van der Waals surface area contributed by atoms with Crippen LogP contribution in [0.5, 0.6) is 5.75 Å². The van der Waals surface area contributed by atoms with Gasteiger partial charge in [0.25, 0.3) is 5.91 Å². The zero-order valence-corrected chi connectivity index (χ0v) is 9.00. The van der Waals surface area contributed by atoms with Gasteiger partial charge in [0, 0.05) is 12.1 Å². The summed E-state index contributed by atoms with van der Waals surface area (Å²) in [6.45, 7) is 7.77. The van der Waals surface area contributed by atoms with Crippen molar-refractivity contribution in [2.75, 3.05) is 6.54 Å². The maximum absolute atomic E-state index is 11.6. The van der Waals surface area contributed by atoms with Crippen molar-refractivity contribution < 1.29 is 9.90 Å². The van der Waals surface area contributed by atoms with Crippen molar-refractivity contribution in [2.45, 2.75) is 13.8 Å². The van der Waals surface area contributed by atoms with Crippen molar-refractivity contribution in [1.29, 1.82) is 0 Å². The zero-order chi connectivity index (χ0) is 11.4. The van der Waals surface area contributed by atoms with Gasteiger partial charge in [-0.3, -0.25) is 4.79 Å². The van der Waals surface area contributed by atoms with Crippen molar-refractivity contribution >= 4 is 5.91 Å². The van der Waals surface area contributed by atoms with Gasteiger partial charge in [-0.05, 0) is 37.6 Å². The Hall–Kier alpha value is -1.77. The number of nitrogens with one attached hydrogen (secondary N) is 1. The summed E-state index contributed by atoms with van der Waals surface area (Å²) in [5, 5.41) is 12.0. The molecular weight excluding hydrogens is 190 g/mol. The van der Waals surface area contributed by atoms with E-state index in [0.717, 1.165) is 5.57 Å². The molecular formula is C12H15NO2. The molecule has 0 heterocycles. The summed E-state index contributed by atoms with van der Waals surface area (Å²) in [4.78, 5) is 11.6. The lowest BCUT2D eigenvalue weighted by Gasteiger charge is -2.06. The van der Waals surface area contributed by atoms with Crippen LogP contribution in [0, 0.1) is 6.92 Å². The molecule has 2 N–H and O–H groups in total. The van der Waals surface area contributed by atoms with Gasteiger partial charge in [-0.15, -0.1) is 0 Å². The van der Waals surface area contributed by atoms with Crippen molar-refractivity contribution in [3.63, 3.8) is 0 Å². The minimum atomic E-state index is -0.152. The van der Waals surface area contributed by atoms with Crippen LogP contribution < -0.4 is 5.32 Å². The summed E-state index contributed by atoms with van der Waals surface area (Å²) in [7, 11) is 0. The number of aryl methyl sites for hydroxylation is 1. The molecule has 0 spiro atoms. The van der Waals surface area contributed by atoms with Gasteiger partial charge in [-0.25, -0.2) is 0 Å². The van der Waals surface area contributed by atoms with E-state index in [1.54, 1.807) is 19.1 Å². The Morgan fingerprint density at radius 2 is 2.20 bits per heavy atom. The smallest absolute Gasteiger partial charge is 0.251 e. The van der Waals surface area contributed by atoms with E-state index < -0.39 is 0 Å². The molecule has 3 heteroatoms. The van der Waals surface area contributed by atoms with Gasteiger partial charge in [0.15, 0.2) is 0 Å². The Morgan fingerprint density at radius 3 is 2.73 bits per heavy atom. The molecule has 15 heavy (non-hydrogen) atoms. The number of hydrogen-bond donors (Lipinski definition) is 2. The van der Waals surface area contributed by atoms with Crippen molar-refractivity contribution in [3.8, 4) is 5.75 Å². The normalized spacial score (nSPS) is 9.73. The molecule has 0 fully saturated rings. The Kier molecular flexibility index (Phi) is 3.50. The SMILES string of the molecule is C=C(C)CNC(=O)c1ccc(O)c(C)c1. The average molecular weight is 205 g/mol.